The van der Waals surface area contributed by atoms with E-state index in [2.05, 4.69) is 30.6 Å². The minimum absolute atomic E-state index is 0.148. The second kappa shape index (κ2) is 9.31. The highest BCUT2D eigenvalue weighted by atomic mass is 35.5. The van der Waals surface area contributed by atoms with Crippen LogP contribution in [0, 0.1) is 0 Å². The summed E-state index contributed by atoms with van der Waals surface area (Å²) in [5.74, 6) is -0.231. The number of benzene rings is 2. The van der Waals surface area contributed by atoms with E-state index in [1.165, 1.54) is 18.5 Å². The third-order valence-corrected chi connectivity index (χ3v) is 5.68. The molecule has 0 saturated heterocycles. The molecule has 180 valence electrons. The average molecular weight is 509 g/mol. The van der Waals surface area contributed by atoms with Crippen LogP contribution in [-0.2, 0) is 6.18 Å². The number of nitrogens with zero attached hydrogens (tertiary/aromatic N) is 3. The van der Waals surface area contributed by atoms with Crippen LogP contribution in [0.4, 0.5) is 30.4 Å². The van der Waals surface area contributed by atoms with Gasteiger partial charge in [-0.3, -0.25) is 4.79 Å². The van der Waals surface area contributed by atoms with Gasteiger partial charge < -0.3 is 15.6 Å². The molecular formula is C25H16ClF3N6O. The average Bonchev–Trinajstić information content (AvgIpc) is 3.35. The number of amides is 1. The molecule has 3 N–H and O–H groups in total. The van der Waals surface area contributed by atoms with Crippen LogP contribution in [-0.4, -0.2) is 25.8 Å². The molecule has 5 aromatic rings. The van der Waals surface area contributed by atoms with Gasteiger partial charge in [0.15, 0.2) is 0 Å². The highest BCUT2D eigenvalue weighted by Crippen LogP contribution is 2.34. The molecule has 36 heavy (non-hydrogen) atoms. The Morgan fingerprint density at radius 2 is 1.83 bits per heavy atom. The van der Waals surface area contributed by atoms with E-state index in [1.807, 2.05) is 12.1 Å². The maximum Gasteiger partial charge on any atom is 0.416 e. The van der Waals surface area contributed by atoms with Gasteiger partial charge in [0.2, 0.25) is 0 Å². The van der Waals surface area contributed by atoms with Crippen molar-refractivity contribution in [1.29, 1.82) is 0 Å². The molecule has 0 spiro atoms. The summed E-state index contributed by atoms with van der Waals surface area (Å²) < 4.78 is 39.1. The Bertz CT molecular complexity index is 1580. The number of pyridine rings is 1. The minimum Gasteiger partial charge on any atom is -0.346 e. The van der Waals surface area contributed by atoms with Crippen LogP contribution >= 0.6 is 11.6 Å². The van der Waals surface area contributed by atoms with Crippen LogP contribution < -0.4 is 10.6 Å². The molecule has 0 radical (unpaired) electrons. The number of aromatic amines is 1. The molecule has 7 nitrogen and oxygen atoms in total. The molecule has 0 fully saturated rings. The van der Waals surface area contributed by atoms with Crippen molar-refractivity contribution in [1.82, 2.24) is 19.9 Å². The first-order valence-electron chi connectivity index (χ1n) is 10.6. The monoisotopic (exact) mass is 508 g/mol. The molecule has 0 aliphatic heterocycles. The largest absolute Gasteiger partial charge is 0.416 e. The van der Waals surface area contributed by atoms with Gasteiger partial charge in [0.1, 0.15) is 17.8 Å². The Morgan fingerprint density at radius 3 is 2.67 bits per heavy atom. The minimum atomic E-state index is -4.56. The molecule has 1 amide bonds. The molecule has 0 saturated carbocycles. The summed E-state index contributed by atoms with van der Waals surface area (Å²) in [5.41, 5.74) is 1.76. The third-order valence-electron chi connectivity index (χ3n) is 5.35. The summed E-state index contributed by atoms with van der Waals surface area (Å²) in [4.78, 5) is 28.8. The van der Waals surface area contributed by atoms with E-state index in [1.54, 1.807) is 36.7 Å². The van der Waals surface area contributed by atoms with Gasteiger partial charge >= 0.3 is 6.18 Å². The first-order chi connectivity index (χ1) is 17.3. The van der Waals surface area contributed by atoms with Crippen molar-refractivity contribution in [2.24, 2.45) is 0 Å². The van der Waals surface area contributed by atoms with Crippen LogP contribution in [0.1, 0.15) is 15.9 Å². The van der Waals surface area contributed by atoms with Crippen molar-refractivity contribution in [3.63, 3.8) is 0 Å². The summed E-state index contributed by atoms with van der Waals surface area (Å²) in [7, 11) is 0. The maximum absolute atomic E-state index is 13.0. The lowest BCUT2D eigenvalue weighted by atomic mass is 10.1. The van der Waals surface area contributed by atoms with Crippen molar-refractivity contribution in [2.45, 2.75) is 6.18 Å². The molecule has 0 atom stereocenters. The molecule has 5 rings (SSSR count). The Balaban J connectivity index is 1.43. The van der Waals surface area contributed by atoms with Crippen LogP contribution in [0.15, 0.2) is 79.4 Å². The van der Waals surface area contributed by atoms with Gasteiger partial charge in [-0.25, -0.2) is 15.0 Å². The van der Waals surface area contributed by atoms with E-state index in [4.69, 9.17) is 11.6 Å². The fourth-order valence-electron chi connectivity index (χ4n) is 3.65. The van der Waals surface area contributed by atoms with Crippen LogP contribution in [0.3, 0.4) is 0 Å². The number of alkyl halides is 3. The van der Waals surface area contributed by atoms with Gasteiger partial charge in [0, 0.05) is 34.6 Å². The molecule has 2 aromatic carbocycles. The lowest BCUT2D eigenvalue weighted by Gasteiger charge is -2.14. The summed E-state index contributed by atoms with van der Waals surface area (Å²) in [6.07, 6.45) is 0.279. The Hall–Kier alpha value is -4.44. The summed E-state index contributed by atoms with van der Waals surface area (Å²) in [6.45, 7) is 0. The van der Waals surface area contributed by atoms with Gasteiger partial charge in [-0.1, -0.05) is 17.7 Å². The first kappa shape index (κ1) is 23.3. The van der Waals surface area contributed by atoms with E-state index in [9.17, 15) is 18.0 Å². The molecule has 3 heterocycles. The zero-order valence-electron chi connectivity index (χ0n) is 18.3. The first-order valence-corrected chi connectivity index (χ1v) is 11.0. The van der Waals surface area contributed by atoms with Crippen molar-refractivity contribution >= 4 is 45.7 Å². The Labute approximate surface area is 207 Å². The maximum atomic E-state index is 13.0. The molecule has 0 unspecified atom stereocenters. The molecular weight excluding hydrogens is 493 g/mol. The van der Waals surface area contributed by atoms with Gasteiger partial charge in [-0.05, 0) is 54.6 Å². The van der Waals surface area contributed by atoms with Gasteiger partial charge in [-0.2, -0.15) is 13.2 Å². The number of fused-ring (bicyclic) bond motifs is 1. The Morgan fingerprint density at radius 1 is 0.972 bits per heavy atom. The number of rotatable bonds is 5. The van der Waals surface area contributed by atoms with Gasteiger partial charge in [0.25, 0.3) is 5.91 Å². The lowest BCUT2D eigenvalue weighted by Crippen LogP contribution is -2.14. The predicted molar refractivity (Wildman–Crippen MR) is 131 cm³/mol. The van der Waals surface area contributed by atoms with Gasteiger partial charge in [0.05, 0.1) is 22.0 Å². The standard InChI is InChI=1S/C25H16ClF3N6O/c26-19-7-6-16(12-20(19)35-24(36)14-3-1-4-15(11-14)25(27,28)29)34-23-17(5-2-9-30-23)21-18-8-10-31-22(18)33-13-32-21/h1-13H,(H,30,34)(H,35,36)(H,31,32,33). The van der Waals surface area contributed by atoms with Gasteiger partial charge in [-0.15, -0.1) is 0 Å². The fraction of sp³-hybridized carbons (Fsp3) is 0.0400. The predicted octanol–water partition coefficient (Wildman–Crippen LogP) is 6.69. The number of anilines is 3. The van der Waals surface area contributed by atoms with Crippen LogP contribution in [0.5, 0.6) is 0 Å². The molecule has 0 aliphatic rings. The smallest absolute Gasteiger partial charge is 0.346 e. The molecule has 3 aromatic heterocycles. The van der Waals surface area contributed by atoms with E-state index in [-0.39, 0.29) is 16.3 Å². The number of H-pyrrole nitrogens is 1. The zero-order chi connectivity index (χ0) is 25.3. The number of aromatic nitrogens is 4. The second-order valence-corrected chi connectivity index (χ2v) is 8.12. The van der Waals surface area contributed by atoms with Crippen LogP contribution in [0.25, 0.3) is 22.3 Å². The van der Waals surface area contributed by atoms with Crippen molar-refractivity contribution < 1.29 is 18.0 Å². The highest BCUT2D eigenvalue weighted by Gasteiger charge is 2.31. The number of hydrogen-bond acceptors (Lipinski definition) is 5. The lowest BCUT2D eigenvalue weighted by molar-refractivity contribution is -0.137. The van der Waals surface area contributed by atoms with Crippen molar-refractivity contribution in [3.8, 4) is 11.3 Å². The van der Waals surface area contributed by atoms with Crippen LogP contribution in [0.2, 0.25) is 5.02 Å². The summed E-state index contributed by atoms with van der Waals surface area (Å²) >= 11 is 6.26. The zero-order valence-corrected chi connectivity index (χ0v) is 19.0. The Kier molecular flexibility index (Phi) is 6.03. The normalized spacial score (nSPS) is 11.4. The molecule has 11 heteroatoms. The molecule has 0 aliphatic carbocycles. The highest BCUT2D eigenvalue weighted by molar-refractivity contribution is 6.34. The number of carbonyl (C=O) groups excluding carboxylic acids is 1. The molecule has 0 bridgehead atoms. The number of hydrogen-bond donors (Lipinski definition) is 3. The van der Waals surface area contributed by atoms with Crippen molar-refractivity contribution in [2.75, 3.05) is 10.6 Å². The summed E-state index contributed by atoms with van der Waals surface area (Å²) in [5, 5.41) is 6.81. The third kappa shape index (κ3) is 4.71. The van der Waals surface area contributed by atoms with E-state index < -0.39 is 17.6 Å². The SMILES string of the molecule is O=C(Nc1cc(Nc2ncccc2-c2ncnc3[nH]ccc23)ccc1Cl)c1cccc(C(F)(F)F)c1. The van der Waals surface area contributed by atoms with E-state index >= 15 is 0 Å². The van der Waals surface area contributed by atoms with E-state index in [0.29, 0.717) is 28.4 Å². The fourth-order valence-corrected chi connectivity index (χ4v) is 3.81. The van der Waals surface area contributed by atoms with Crippen molar-refractivity contribution in [3.05, 3.63) is 95.5 Å². The number of nitrogens with one attached hydrogen (secondary N) is 3. The second-order valence-electron chi connectivity index (χ2n) is 7.71. The number of carbonyl (C=O) groups is 1. The topological polar surface area (TPSA) is 95.6 Å². The van der Waals surface area contributed by atoms with E-state index in [0.717, 1.165) is 17.5 Å². The number of halogens is 4. The summed E-state index contributed by atoms with van der Waals surface area (Å²) in [6, 6.07) is 14.5. The quantitative estimate of drug-likeness (QED) is 0.246.